The Hall–Kier alpha value is -2.08. The number of benzene rings is 1. The van der Waals surface area contributed by atoms with Crippen molar-refractivity contribution in [1.29, 1.82) is 0 Å². The number of aliphatic carboxylic acids is 1. The molecule has 0 heterocycles. The number of carboxylic acids is 1. The van der Waals surface area contributed by atoms with E-state index in [4.69, 9.17) is 14.6 Å². The van der Waals surface area contributed by atoms with Crippen molar-refractivity contribution in [3.63, 3.8) is 0 Å². The van der Waals surface area contributed by atoms with E-state index in [1.54, 1.807) is 31.4 Å². The van der Waals surface area contributed by atoms with Gasteiger partial charge in [0, 0.05) is 25.8 Å². The molecule has 1 aromatic rings. The molecule has 6 heteroatoms. The van der Waals surface area contributed by atoms with E-state index >= 15 is 0 Å². The van der Waals surface area contributed by atoms with E-state index in [-0.39, 0.29) is 17.7 Å². The van der Waals surface area contributed by atoms with E-state index in [9.17, 15) is 9.59 Å². The Morgan fingerprint density at radius 2 is 1.92 bits per heavy atom. The van der Waals surface area contributed by atoms with Gasteiger partial charge in [0.05, 0.1) is 12.0 Å². The van der Waals surface area contributed by atoms with Crippen molar-refractivity contribution in [2.24, 2.45) is 5.41 Å². The highest BCUT2D eigenvalue weighted by atomic mass is 16.5. The molecule has 132 valence electrons. The van der Waals surface area contributed by atoms with E-state index in [2.05, 4.69) is 5.32 Å². The zero-order valence-electron chi connectivity index (χ0n) is 14.0. The summed E-state index contributed by atoms with van der Waals surface area (Å²) in [4.78, 5) is 23.0. The second kappa shape index (κ2) is 8.68. The third kappa shape index (κ3) is 4.96. The first-order valence-corrected chi connectivity index (χ1v) is 8.31. The van der Waals surface area contributed by atoms with Gasteiger partial charge >= 0.3 is 5.97 Å². The summed E-state index contributed by atoms with van der Waals surface area (Å²) in [7, 11) is 1.65. The molecule has 1 aliphatic rings. The number of hydrogen-bond donors (Lipinski definition) is 2. The summed E-state index contributed by atoms with van der Waals surface area (Å²) in [5.41, 5.74) is 0.448. The van der Waals surface area contributed by atoms with Crippen LogP contribution in [-0.2, 0) is 14.3 Å². The van der Waals surface area contributed by atoms with E-state index < -0.39 is 5.97 Å². The topological polar surface area (TPSA) is 84.9 Å². The van der Waals surface area contributed by atoms with Crippen LogP contribution in [-0.4, -0.2) is 37.3 Å². The van der Waals surface area contributed by atoms with Gasteiger partial charge in [-0.15, -0.1) is 0 Å². The molecular formula is C18H25NO5. The summed E-state index contributed by atoms with van der Waals surface area (Å²) >= 11 is 0. The van der Waals surface area contributed by atoms with Crippen molar-refractivity contribution < 1.29 is 24.2 Å². The van der Waals surface area contributed by atoms with Crippen LogP contribution in [0, 0.1) is 5.41 Å². The maximum atomic E-state index is 12.5. The molecule has 2 rings (SSSR count). The molecule has 1 fully saturated rings. The largest absolute Gasteiger partial charge is 0.494 e. The molecule has 1 aromatic carbocycles. The molecule has 0 atom stereocenters. The first-order chi connectivity index (χ1) is 11.6. The van der Waals surface area contributed by atoms with Gasteiger partial charge < -0.3 is 19.9 Å². The van der Waals surface area contributed by atoms with Gasteiger partial charge in [-0.3, -0.25) is 9.59 Å². The van der Waals surface area contributed by atoms with E-state index in [1.165, 1.54) is 0 Å². The number of carboxylic acid groups (broad SMARTS) is 1. The van der Waals surface area contributed by atoms with Gasteiger partial charge in [-0.25, -0.2) is 0 Å². The average molecular weight is 335 g/mol. The van der Waals surface area contributed by atoms with Crippen LogP contribution < -0.4 is 10.1 Å². The SMILES string of the molecule is COCCC1(C(=O)Nc2ccc(OCCCC(=O)O)cc2)CCC1. The number of rotatable bonds is 10. The molecule has 1 saturated carbocycles. The zero-order valence-corrected chi connectivity index (χ0v) is 14.0. The summed E-state index contributed by atoms with van der Waals surface area (Å²) in [5, 5.41) is 11.5. The Morgan fingerprint density at radius 1 is 1.21 bits per heavy atom. The Labute approximate surface area is 142 Å². The Kier molecular flexibility index (Phi) is 6.61. The molecule has 24 heavy (non-hydrogen) atoms. The normalized spacial score (nSPS) is 15.4. The number of carbonyl (C=O) groups excluding carboxylic acids is 1. The highest BCUT2D eigenvalue weighted by molar-refractivity contribution is 5.95. The maximum Gasteiger partial charge on any atom is 0.303 e. The number of anilines is 1. The molecule has 0 bridgehead atoms. The van der Waals surface area contributed by atoms with Gasteiger partial charge in [0.25, 0.3) is 0 Å². The summed E-state index contributed by atoms with van der Waals surface area (Å²) in [6, 6.07) is 7.15. The molecule has 0 aromatic heterocycles. The smallest absolute Gasteiger partial charge is 0.303 e. The first kappa shape index (κ1) is 18.3. The second-order valence-electron chi connectivity index (χ2n) is 6.20. The fraction of sp³-hybridized carbons (Fsp3) is 0.556. The summed E-state index contributed by atoms with van der Waals surface area (Å²) in [6.45, 7) is 0.953. The minimum atomic E-state index is -0.824. The van der Waals surface area contributed by atoms with Crippen molar-refractivity contribution in [2.75, 3.05) is 25.6 Å². The van der Waals surface area contributed by atoms with Crippen LogP contribution in [0.25, 0.3) is 0 Å². The lowest BCUT2D eigenvalue weighted by atomic mass is 9.66. The fourth-order valence-electron chi connectivity index (χ4n) is 2.80. The van der Waals surface area contributed by atoms with E-state index in [1.807, 2.05) is 0 Å². The molecule has 0 radical (unpaired) electrons. The van der Waals surface area contributed by atoms with Crippen LogP contribution in [0.5, 0.6) is 5.75 Å². The Bertz CT molecular complexity index is 551. The molecule has 0 saturated heterocycles. The lowest BCUT2D eigenvalue weighted by molar-refractivity contribution is -0.137. The monoisotopic (exact) mass is 335 g/mol. The number of hydrogen-bond acceptors (Lipinski definition) is 4. The predicted octanol–water partition coefficient (Wildman–Crippen LogP) is 3.08. The standard InChI is InChI=1S/C18H25NO5/c1-23-13-11-18(9-3-10-18)17(22)19-14-5-7-15(8-6-14)24-12-2-4-16(20)21/h5-8H,2-4,9-13H2,1H3,(H,19,22)(H,20,21). The number of methoxy groups -OCH3 is 1. The Balaban J connectivity index is 1.82. The summed E-state index contributed by atoms with van der Waals surface area (Å²) in [6.07, 6.45) is 4.22. The third-order valence-corrected chi connectivity index (χ3v) is 4.49. The van der Waals surface area contributed by atoms with Crippen LogP contribution in [0.2, 0.25) is 0 Å². The second-order valence-corrected chi connectivity index (χ2v) is 6.20. The fourth-order valence-corrected chi connectivity index (χ4v) is 2.80. The quantitative estimate of drug-likeness (QED) is 0.642. The van der Waals surface area contributed by atoms with Crippen molar-refractivity contribution >= 4 is 17.6 Å². The van der Waals surface area contributed by atoms with Crippen molar-refractivity contribution in [3.8, 4) is 5.75 Å². The summed E-state index contributed by atoms with van der Waals surface area (Å²) in [5.74, 6) is -0.105. The van der Waals surface area contributed by atoms with E-state index in [0.717, 1.165) is 31.4 Å². The average Bonchev–Trinajstić information content (AvgIpc) is 2.52. The molecular weight excluding hydrogens is 310 g/mol. The molecule has 2 N–H and O–H groups in total. The van der Waals surface area contributed by atoms with Gasteiger partial charge in [-0.2, -0.15) is 0 Å². The van der Waals surface area contributed by atoms with Gasteiger partial charge in [-0.1, -0.05) is 6.42 Å². The molecule has 0 unspecified atom stereocenters. The third-order valence-electron chi connectivity index (χ3n) is 4.49. The molecule has 0 spiro atoms. The van der Waals surface area contributed by atoms with Crippen LogP contribution in [0.15, 0.2) is 24.3 Å². The van der Waals surface area contributed by atoms with Crippen molar-refractivity contribution in [2.45, 2.75) is 38.5 Å². The minimum Gasteiger partial charge on any atom is -0.494 e. The highest BCUT2D eigenvalue weighted by Crippen LogP contribution is 2.44. The first-order valence-electron chi connectivity index (χ1n) is 8.31. The number of ether oxygens (including phenoxy) is 2. The van der Waals surface area contributed by atoms with Crippen LogP contribution in [0.3, 0.4) is 0 Å². The molecule has 1 aliphatic carbocycles. The minimum absolute atomic E-state index is 0.0564. The van der Waals surface area contributed by atoms with Gasteiger partial charge in [-0.05, 0) is 49.9 Å². The molecule has 6 nitrogen and oxygen atoms in total. The predicted molar refractivity (Wildman–Crippen MR) is 90.2 cm³/mol. The summed E-state index contributed by atoms with van der Waals surface area (Å²) < 4.78 is 10.6. The molecule has 0 aliphatic heterocycles. The van der Waals surface area contributed by atoms with Crippen LogP contribution >= 0.6 is 0 Å². The van der Waals surface area contributed by atoms with Crippen LogP contribution in [0.4, 0.5) is 5.69 Å². The number of amides is 1. The van der Waals surface area contributed by atoms with Crippen LogP contribution in [0.1, 0.15) is 38.5 Å². The number of nitrogens with one attached hydrogen (secondary N) is 1. The van der Waals surface area contributed by atoms with Crippen molar-refractivity contribution in [3.05, 3.63) is 24.3 Å². The van der Waals surface area contributed by atoms with Gasteiger partial charge in [0.2, 0.25) is 5.91 Å². The highest BCUT2D eigenvalue weighted by Gasteiger charge is 2.43. The van der Waals surface area contributed by atoms with Gasteiger partial charge in [0.15, 0.2) is 0 Å². The van der Waals surface area contributed by atoms with Crippen molar-refractivity contribution in [1.82, 2.24) is 0 Å². The lowest BCUT2D eigenvalue weighted by Crippen LogP contribution is -2.42. The number of carbonyl (C=O) groups is 2. The molecule has 1 amide bonds. The zero-order chi connectivity index (χ0) is 17.4. The Morgan fingerprint density at radius 3 is 2.46 bits per heavy atom. The van der Waals surface area contributed by atoms with Gasteiger partial charge in [0.1, 0.15) is 5.75 Å². The lowest BCUT2D eigenvalue weighted by Gasteiger charge is -2.40. The maximum absolute atomic E-state index is 12.5. The van der Waals surface area contributed by atoms with E-state index in [0.29, 0.717) is 25.4 Å².